The summed E-state index contributed by atoms with van der Waals surface area (Å²) in [5.74, 6) is -0.619. The van der Waals surface area contributed by atoms with Crippen LogP contribution in [0.25, 0.3) is 0 Å². The molecule has 0 saturated carbocycles. The van der Waals surface area contributed by atoms with E-state index >= 15 is 0 Å². The fraction of sp³-hybridized carbons (Fsp3) is 0.559. The van der Waals surface area contributed by atoms with Crippen LogP contribution in [0.5, 0.6) is 0 Å². The van der Waals surface area contributed by atoms with Crippen molar-refractivity contribution in [2.45, 2.75) is 90.6 Å². The summed E-state index contributed by atoms with van der Waals surface area (Å²) >= 11 is 0. The Labute approximate surface area is 267 Å². The highest BCUT2D eigenvalue weighted by Crippen LogP contribution is 2.21. The van der Waals surface area contributed by atoms with Gasteiger partial charge < -0.3 is 30.1 Å². The number of aliphatic hydroxyl groups is 1. The van der Waals surface area contributed by atoms with Gasteiger partial charge in [0.25, 0.3) is 0 Å². The number of hydrazine groups is 1. The molecule has 4 N–H and O–H groups in total. The predicted molar refractivity (Wildman–Crippen MR) is 175 cm³/mol. The van der Waals surface area contributed by atoms with E-state index in [0.717, 1.165) is 29.9 Å². The van der Waals surface area contributed by atoms with Crippen LogP contribution in [0.4, 0.5) is 15.3 Å². The number of hydrogen-bond donors (Lipinski definition) is 4. The van der Waals surface area contributed by atoms with Crippen LogP contribution in [0.3, 0.4) is 0 Å². The summed E-state index contributed by atoms with van der Waals surface area (Å²) in [6, 6.07) is 16.1. The maximum absolute atomic E-state index is 13.6. The molecule has 1 heterocycles. The third-order valence-corrected chi connectivity index (χ3v) is 7.88. The third-order valence-electron chi connectivity index (χ3n) is 7.88. The van der Waals surface area contributed by atoms with Crippen LogP contribution in [0, 0.1) is 5.92 Å². The lowest BCUT2D eigenvalue weighted by Crippen LogP contribution is -2.57. The Balaban J connectivity index is 1.83. The average molecular weight is 626 g/mol. The molecular formula is C34H51N5O6. The highest BCUT2D eigenvalue weighted by molar-refractivity contribution is 5.86. The number of aliphatic hydroxyl groups excluding tert-OH is 1. The molecule has 0 aliphatic carbocycles. The first-order valence-electron chi connectivity index (χ1n) is 15.8. The Kier molecular flexibility index (Phi) is 13.5. The van der Waals surface area contributed by atoms with Crippen LogP contribution >= 0.6 is 0 Å². The minimum absolute atomic E-state index is 0.0106. The molecule has 3 amide bonds. The molecule has 2 aromatic rings. The maximum Gasteiger partial charge on any atom is 0.422 e. The lowest BCUT2D eigenvalue weighted by molar-refractivity contribution is -0.126. The molecule has 45 heavy (non-hydrogen) atoms. The minimum Gasteiger partial charge on any atom is -0.453 e. The Bertz CT molecular complexity index is 1210. The number of alkyl carbamates (subject to hydrolysis) is 1. The van der Waals surface area contributed by atoms with E-state index in [1.165, 1.54) is 20.0 Å². The lowest BCUT2D eigenvalue weighted by atomic mass is 9.96. The van der Waals surface area contributed by atoms with Crippen LogP contribution in [0.15, 0.2) is 54.6 Å². The van der Waals surface area contributed by atoms with Gasteiger partial charge in [-0.2, -0.15) is 0 Å². The number of carbonyl (C=O) groups is 3. The number of benzene rings is 2. The van der Waals surface area contributed by atoms with E-state index in [9.17, 15) is 19.5 Å². The topological polar surface area (TPSA) is 132 Å². The van der Waals surface area contributed by atoms with E-state index in [4.69, 9.17) is 9.47 Å². The molecule has 1 fully saturated rings. The van der Waals surface area contributed by atoms with E-state index in [-0.39, 0.29) is 12.5 Å². The molecular weight excluding hydrogens is 574 g/mol. The monoisotopic (exact) mass is 625 g/mol. The van der Waals surface area contributed by atoms with Crippen molar-refractivity contribution in [2.24, 2.45) is 5.92 Å². The molecule has 0 unspecified atom stereocenters. The smallest absolute Gasteiger partial charge is 0.422 e. The van der Waals surface area contributed by atoms with Crippen LogP contribution < -0.4 is 21.0 Å². The number of anilines is 1. The van der Waals surface area contributed by atoms with Crippen molar-refractivity contribution in [3.05, 3.63) is 65.7 Å². The summed E-state index contributed by atoms with van der Waals surface area (Å²) in [6.45, 7) is 11.5. The number of ether oxygens (including phenoxy) is 2. The highest BCUT2D eigenvalue weighted by atomic mass is 16.6. The summed E-state index contributed by atoms with van der Waals surface area (Å²) in [5, 5.41) is 18.8. The summed E-state index contributed by atoms with van der Waals surface area (Å²) in [4.78, 5) is 40.8. The van der Waals surface area contributed by atoms with Crippen molar-refractivity contribution in [3.8, 4) is 0 Å². The van der Waals surface area contributed by atoms with E-state index in [1.807, 2.05) is 56.3 Å². The number of rotatable bonds is 14. The molecule has 248 valence electrons. The summed E-state index contributed by atoms with van der Waals surface area (Å²) in [7, 11) is 1.25. The fourth-order valence-corrected chi connectivity index (χ4v) is 5.25. The molecule has 1 saturated heterocycles. The van der Waals surface area contributed by atoms with Crippen LogP contribution in [0.2, 0.25) is 0 Å². The van der Waals surface area contributed by atoms with Crippen molar-refractivity contribution in [1.29, 1.82) is 0 Å². The molecule has 11 nitrogen and oxygen atoms in total. The number of nitrogens with one attached hydrogen (secondary N) is 3. The van der Waals surface area contributed by atoms with Crippen molar-refractivity contribution in [1.82, 2.24) is 21.1 Å². The molecule has 4 atom stereocenters. The van der Waals surface area contributed by atoms with Crippen molar-refractivity contribution in [3.63, 3.8) is 0 Å². The first-order valence-corrected chi connectivity index (χ1v) is 15.8. The van der Waals surface area contributed by atoms with Gasteiger partial charge in [-0.25, -0.2) is 14.6 Å². The van der Waals surface area contributed by atoms with Gasteiger partial charge in [-0.05, 0) is 69.2 Å². The predicted octanol–water partition coefficient (Wildman–Crippen LogP) is 4.39. The lowest BCUT2D eigenvalue weighted by Gasteiger charge is -2.32. The normalized spacial score (nSPS) is 16.0. The van der Waals surface area contributed by atoms with Crippen molar-refractivity contribution >= 4 is 23.8 Å². The SMILES string of the molecule is CC[C@H](C)[C@H](NC(=O)OC)C(=O)N[C@@H](Cc1ccccc1)[C@@H](O)CN(Cc1ccc(N2CCCC2)cc1)NC(=O)OC(C)(C)C. The van der Waals surface area contributed by atoms with E-state index < -0.39 is 41.9 Å². The number of amides is 3. The Morgan fingerprint density at radius 3 is 2.18 bits per heavy atom. The summed E-state index contributed by atoms with van der Waals surface area (Å²) < 4.78 is 10.3. The van der Waals surface area contributed by atoms with E-state index in [2.05, 4.69) is 33.1 Å². The largest absolute Gasteiger partial charge is 0.453 e. The van der Waals surface area contributed by atoms with Gasteiger partial charge in [0.05, 0.1) is 19.3 Å². The van der Waals surface area contributed by atoms with Gasteiger partial charge in [-0.1, -0.05) is 62.7 Å². The standard InChI is InChI=1S/C34H51N5O6/c1-7-24(2)30(36-32(42)44-6)31(41)35-28(21-25-13-9-8-10-14-25)29(40)23-39(37-33(43)45-34(3,4)5)22-26-15-17-27(18-16-26)38-19-11-12-20-38/h8-10,13-18,24,28-30,40H,7,11-12,19-23H2,1-6H3,(H,35,41)(H,36,42)(H,37,43)/t24-,28-,29-,30-/m0/s1. The van der Waals surface area contributed by atoms with Crippen molar-refractivity contribution in [2.75, 3.05) is 31.6 Å². The number of hydrogen-bond acceptors (Lipinski definition) is 8. The van der Waals surface area contributed by atoms with Crippen LogP contribution in [-0.4, -0.2) is 78.7 Å². The zero-order valence-electron chi connectivity index (χ0n) is 27.5. The minimum atomic E-state index is -1.11. The van der Waals surface area contributed by atoms with Crippen LogP contribution in [0.1, 0.15) is 65.0 Å². The maximum atomic E-state index is 13.6. The molecule has 3 rings (SSSR count). The second kappa shape index (κ2) is 17.0. The molecule has 2 aromatic carbocycles. The Morgan fingerprint density at radius 2 is 1.60 bits per heavy atom. The Morgan fingerprint density at radius 1 is 0.956 bits per heavy atom. The molecule has 0 aromatic heterocycles. The first-order chi connectivity index (χ1) is 21.4. The zero-order chi connectivity index (χ0) is 33.0. The molecule has 1 aliphatic heterocycles. The van der Waals surface area contributed by atoms with E-state index in [0.29, 0.717) is 19.4 Å². The van der Waals surface area contributed by atoms with Gasteiger partial charge in [-0.3, -0.25) is 10.2 Å². The van der Waals surface area contributed by atoms with Gasteiger partial charge in [0.1, 0.15) is 11.6 Å². The first kappa shape index (κ1) is 35.6. The van der Waals surface area contributed by atoms with Gasteiger partial charge in [0.2, 0.25) is 5.91 Å². The van der Waals surface area contributed by atoms with Gasteiger partial charge in [0.15, 0.2) is 0 Å². The quantitative estimate of drug-likeness (QED) is 0.228. The second-order valence-corrected chi connectivity index (χ2v) is 12.7. The molecule has 11 heteroatoms. The average Bonchev–Trinajstić information content (AvgIpc) is 3.54. The fourth-order valence-electron chi connectivity index (χ4n) is 5.25. The second-order valence-electron chi connectivity index (χ2n) is 12.7. The van der Waals surface area contributed by atoms with Crippen LogP contribution in [-0.2, 0) is 27.2 Å². The van der Waals surface area contributed by atoms with Gasteiger partial charge in [-0.15, -0.1) is 0 Å². The van der Waals surface area contributed by atoms with Crippen molar-refractivity contribution < 1.29 is 29.0 Å². The van der Waals surface area contributed by atoms with Gasteiger partial charge in [0, 0.05) is 31.9 Å². The molecule has 0 spiro atoms. The highest BCUT2D eigenvalue weighted by Gasteiger charge is 2.32. The summed E-state index contributed by atoms with van der Waals surface area (Å²) in [5.41, 5.74) is 5.08. The summed E-state index contributed by atoms with van der Waals surface area (Å²) in [6.07, 6.45) is 0.867. The molecule has 1 aliphatic rings. The number of carbonyl (C=O) groups excluding carboxylic acids is 3. The van der Waals surface area contributed by atoms with Gasteiger partial charge >= 0.3 is 12.2 Å². The number of nitrogens with zero attached hydrogens (tertiary/aromatic N) is 2. The number of methoxy groups -OCH3 is 1. The molecule has 0 bridgehead atoms. The molecule has 0 radical (unpaired) electrons. The Hall–Kier alpha value is -3.83. The zero-order valence-corrected chi connectivity index (χ0v) is 27.5. The third kappa shape index (κ3) is 11.9. The van der Waals surface area contributed by atoms with E-state index in [1.54, 1.807) is 25.8 Å².